The van der Waals surface area contributed by atoms with Gasteiger partial charge in [-0.25, -0.2) is 4.79 Å². The number of likely N-dealkylation sites (tertiary alicyclic amines) is 1. The van der Waals surface area contributed by atoms with E-state index in [-0.39, 0.29) is 35.8 Å². The number of carbonyl (C=O) groups is 3. The van der Waals surface area contributed by atoms with Crippen molar-refractivity contribution in [2.45, 2.75) is 71.9 Å². The molecule has 1 saturated carbocycles. The van der Waals surface area contributed by atoms with Crippen LogP contribution in [0.5, 0.6) is 0 Å². The van der Waals surface area contributed by atoms with E-state index in [9.17, 15) is 14.4 Å². The first-order chi connectivity index (χ1) is 15.0. The van der Waals surface area contributed by atoms with Crippen LogP contribution < -0.4 is 5.32 Å². The molecule has 1 atom stereocenters. The smallest absolute Gasteiger partial charge is 0.410 e. The van der Waals surface area contributed by atoms with Gasteiger partial charge in [-0.1, -0.05) is 6.07 Å². The Kier molecular flexibility index (Phi) is 7.47. The van der Waals surface area contributed by atoms with Gasteiger partial charge in [-0.2, -0.15) is 0 Å². The van der Waals surface area contributed by atoms with Crippen molar-refractivity contribution in [2.24, 2.45) is 11.8 Å². The van der Waals surface area contributed by atoms with E-state index in [1.807, 2.05) is 45.6 Å². The van der Waals surface area contributed by atoms with Crippen molar-refractivity contribution in [1.29, 1.82) is 0 Å². The molecule has 1 aliphatic heterocycles. The Morgan fingerprint density at radius 1 is 1.19 bits per heavy atom. The molecule has 1 heterocycles. The van der Waals surface area contributed by atoms with Gasteiger partial charge in [0, 0.05) is 42.8 Å². The Morgan fingerprint density at radius 2 is 1.91 bits per heavy atom. The van der Waals surface area contributed by atoms with Crippen LogP contribution in [-0.4, -0.2) is 59.0 Å². The molecule has 7 heteroatoms. The van der Waals surface area contributed by atoms with Crippen LogP contribution in [0.15, 0.2) is 24.3 Å². The number of hydrogen-bond acceptors (Lipinski definition) is 4. The Hall–Kier alpha value is -2.57. The monoisotopic (exact) mass is 443 g/mol. The van der Waals surface area contributed by atoms with Crippen LogP contribution in [0.4, 0.5) is 10.5 Å². The Morgan fingerprint density at radius 3 is 2.53 bits per heavy atom. The van der Waals surface area contributed by atoms with Gasteiger partial charge in [-0.15, -0.1) is 0 Å². The molecule has 32 heavy (non-hydrogen) atoms. The van der Waals surface area contributed by atoms with Crippen molar-refractivity contribution in [3.63, 3.8) is 0 Å². The fraction of sp³-hybridized carbons (Fsp3) is 0.640. The zero-order chi connectivity index (χ0) is 23.5. The molecular weight excluding hydrogens is 406 g/mol. The molecule has 1 aromatic rings. The molecule has 0 radical (unpaired) electrons. The van der Waals surface area contributed by atoms with Crippen LogP contribution in [0.1, 0.15) is 70.7 Å². The third-order valence-electron chi connectivity index (χ3n) is 5.84. The van der Waals surface area contributed by atoms with Crippen LogP contribution in [0.25, 0.3) is 0 Å². The van der Waals surface area contributed by atoms with Crippen molar-refractivity contribution < 1.29 is 19.1 Å². The minimum absolute atomic E-state index is 0.0164. The third-order valence-corrected chi connectivity index (χ3v) is 5.84. The van der Waals surface area contributed by atoms with Gasteiger partial charge < -0.3 is 19.9 Å². The topological polar surface area (TPSA) is 79.0 Å². The van der Waals surface area contributed by atoms with Crippen LogP contribution in [0, 0.1) is 11.8 Å². The number of hydrogen-bond donors (Lipinski definition) is 1. The second-order valence-electron chi connectivity index (χ2n) is 10.3. The van der Waals surface area contributed by atoms with E-state index in [2.05, 4.69) is 5.32 Å². The summed E-state index contributed by atoms with van der Waals surface area (Å²) in [5.41, 5.74) is 0.697. The number of piperidine rings is 1. The number of benzene rings is 1. The molecule has 2 fully saturated rings. The number of anilines is 1. The molecule has 7 nitrogen and oxygen atoms in total. The minimum Gasteiger partial charge on any atom is -0.444 e. The van der Waals surface area contributed by atoms with Gasteiger partial charge in [0.2, 0.25) is 5.91 Å². The van der Waals surface area contributed by atoms with Crippen molar-refractivity contribution in [2.75, 3.05) is 25.0 Å². The van der Waals surface area contributed by atoms with E-state index in [0.717, 1.165) is 25.7 Å². The SMILES string of the molecule is CC(C)N(CC1CCCN(C(=O)c2cccc(NC(=O)C3CC3)c2)C1)C(=O)OC(C)(C)C. The standard InChI is InChI=1S/C25H37N3O4/c1-17(2)28(24(31)32-25(3,4)5)16-18-8-7-13-27(15-18)23(30)20-9-6-10-21(14-20)26-22(29)19-11-12-19/h6,9-10,14,17-19H,7-8,11-13,15-16H2,1-5H3,(H,26,29). The molecule has 2 aliphatic rings. The molecule has 3 rings (SSSR count). The van der Waals surface area contributed by atoms with Crippen molar-refractivity contribution in [3.05, 3.63) is 29.8 Å². The number of nitrogens with zero attached hydrogens (tertiary/aromatic N) is 2. The van der Waals surface area contributed by atoms with Crippen molar-refractivity contribution in [3.8, 4) is 0 Å². The van der Waals surface area contributed by atoms with Crippen LogP contribution in [-0.2, 0) is 9.53 Å². The highest BCUT2D eigenvalue weighted by Gasteiger charge is 2.31. The van der Waals surface area contributed by atoms with E-state index in [0.29, 0.717) is 30.9 Å². The summed E-state index contributed by atoms with van der Waals surface area (Å²) in [4.78, 5) is 41.5. The molecule has 176 valence electrons. The molecule has 1 aliphatic carbocycles. The van der Waals surface area contributed by atoms with Crippen LogP contribution in [0.3, 0.4) is 0 Å². The summed E-state index contributed by atoms with van der Waals surface area (Å²) >= 11 is 0. The highest BCUT2D eigenvalue weighted by Crippen LogP contribution is 2.30. The third kappa shape index (κ3) is 6.71. The Labute approximate surface area is 191 Å². The molecule has 0 bridgehead atoms. The molecule has 1 unspecified atom stereocenters. The second-order valence-corrected chi connectivity index (χ2v) is 10.3. The molecule has 0 aromatic heterocycles. The normalized spacial score (nSPS) is 18.9. The van der Waals surface area contributed by atoms with E-state index >= 15 is 0 Å². The summed E-state index contributed by atoms with van der Waals surface area (Å²) in [5, 5.41) is 2.91. The number of nitrogens with one attached hydrogen (secondary N) is 1. The number of ether oxygens (including phenoxy) is 1. The molecule has 1 aromatic carbocycles. The number of rotatable bonds is 6. The van der Waals surface area contributed by atoms with Gasteiger partial charge in [-0.05, 0) is 84.4 Å². The van der Waals surface area contributed by atoms with Crippen molar-refractivity contribution >= 4 is 23.6 Å². The average molecular weight is 444 g/mol. The van der Waals surface area contributed by atoms with E-state index in [4.69, 9.17) is 4.74 Å². The first-order valence-electron chi connectivity index (χ1n) is 11.7. The second kappa shape index (κ2) is 9.92. The first kappa shape index (κ1) is 24.1. The van der Waals surface area contributed by atoms with Crippen LogP contribution >= 0.6 is 0 Å². The summed E-state index contributed by atoms with van der Waals surface area (Å²) in [5.74, 6) is 0.306. The molecule has 0 spiro atoms. The van der Waals surface area contributed by atoms with Gasteiger partial charge in [0.15, 0.2) is 0 Å². The Balaban J connectivity index is 1.62. The van der Waals surface area contributed by atoms with Crippen LogP contribution in [0.2, 0.25) is 0 Å². The van der Waals surface area contributed by atoms with E-state index in [1.54, 1.807) is 23.1 Å². The zero-order valence-electron chi connectivity index (χ0n) is 20.0. The minimum atomic E-state index is -0.543. The Bertz CT molecular complexity index is 842. The average Bonchev–Trinajstić information content (AvgIpc) is 3.56. The van der Waals surface area contributed by atoms with E-state index in [1.165, 1.54) is 0 Å². The van der Waals surface area contributed by atoms with Gasteiger partial charge in [-0.3, -0.25) is 9.59 Å². The maximum Gasteiger partial charge on any atom is 0.410 e. The summed E-state index contributed by atoms with van der Waals surface area (Å²) in [7, 11) is 0. The number of amides is 3. The lowest BCUT2D eigenvalue weighted by molar-refractivity contribution is -0.117. The summed E-state index contributed by atoms with van der Waals surface area (Å²) in [6.07, 6.45) is 3.43. The van der Waals surface area contributed by atoms with Gasteiger partial charge in [0.25, 0.3) is 5.91 Å². The molecule has 3 amide bonds. The molecule has 1 saturated heterocycles. The van der Waals surface area contributed by atoms with E-state index < -0.39 is 5.60 Å². The fourth-order valence-electron chi connectivity index (χ4n) is 4.00. The lowest BCUT2D eigenvalue weighted by atomic mass is 9.96. The maximum atomic E-state index is 13.2. The maximum absolute atomic E-state index is 13.2. The van der Waals surface area contributed by atoms with Gasteiger partial charge >= 0.3 is 6.09 Å². The predicted octanol–water partition coefficient (Wildman–Crippen LogP) is 4.53. The molecule has 1 N–H and O–H groups in total. The highest BCUT2D eigenvalue weighted by atomic mass is 16.6. The van der Waals surface area contributed by atoms with Crippen molar-refractivity contribution in [1.82, 2.24) is 9.80 Å². The summed E-state index contributed by atoms with van der Waals surface area (Å²) in [6.45, 7) is 11.4. The lowest BCUT2D eigenvalue weighted by Crippen LogP contribution is -2.48. The fourth-order valence-corrected chi connectivity index (χ4v) is 4.00. The lowest BCUT2D eigenvalue weighted by Gasteiger charge is -2.37. The quantitative estimate of drug-likeness (QED) is 0.700. The number of carbonyl (C=O) groups excluding carboxylic acids is 3. The predicted molar refractivity (Wildman–Crippen MR) is 124 cm³/mol. The molecular formula is C25H37N3O4. The zero-order valence-corrected chi connectivity index (χ0v) is 20.0. The van der Waals surface area contributed by atoms with Gasteiger partial charge in [0.05, 0.1) is 0 Å². The van der Waals surface area contributed by atoms with Gasteiger partial charge in [0.1, 0.15) is 5.60 Å². The summed E-state index contributed by atoms with van der Waals surface area (Å²) in [6, 6.07) is 7.19. The largest absolute Gasteiger partial charge is 0.444 e. The summed E-state index contributed by atoms with van der Waals surface area (Å²) < 4.78 is 5.58. The first-order valence-corrected chi connectivity index (χ1v) is 11.7. The highest BCUT2D eigenvalue weighted by molar-refractivity contribution is 5.98.